The van der Waals surface area contributed by atoms with Crippen molar-refractivity contribution in [2.75, 3.05) is 18.0 Å². The molecule has 1 saturated heterocycles. The van der Waals surface area contributed by atoms with E-state index in [2.05, 4.69) is 45.1 Å². The van der Waals surface area contributed by atoms with Crippen LogP contribution in [0, 0.1) is 19.3 Å². The summed E-state index contributed by atoms with van der Waals surface area (Å²) in [6.45, 7) is 12.1. The van der Waals surface area contributed by atoms with Gasteiger partial charge in [-0.15, -0.1) is 0 Å². The summed E-state index contributed by atoms with van der Waals surface area (Å²) >= 11 is 0. The number of benzene rings is 1. The van der Waals surface area contributed by atoms with Crippen LogP contribution in [0.4, 0.5) is 5.69 Å². The molecule has 1 amide bonds. The van der Waals surface area contributed by atoms with Gasteiger partial charge in [-0.05, 0) is 37.3 Å². The third-order valence-corrected chi connectivity index (χ3v) is 3.82. The first-order valence-corrected chi connectivity index (χ1v) is 6.93. The molecule has 0 spiro atoms. The maximum absolute atomic E-state index is 12.6. The molecule has 3 nitrogen and oxygen atoms in total. The number of rotatable bonds is 1. The van der Waals surface area contributed by atoms with E-state index in [0.29, 0.717) is 0 Å². The molecule has 2 rings (SSSR count). The fourth-order valence-electron chi connectivity index (χ4n) is 2.73. The number of anilines is 1. The van der Waals surface area contributed by atoms with Gasteiger partial charge in [-0.2, -0.15) is 0 Å². The van der Waals surface area contributed by atoms with E-state index in [1.807, 2.05) is 17.9 Å². The van der Waals surface area contributed by atoms with E-state index in [1.54, 1.807) is 0 Å². The summed E-state index contributed by atoms with van der Waals surface area (Å²) < 4.78 is 0. The summed E-state index contributed by atoms with van der Waals surface area (Å²) in [6, 6.07) is 6.07. The number of amides is 1. The quantitative estimate of drug-likeness (QED) is 0.842. The van der Waals surface area contributed by atoms with Crippen molar-refractivity contribution in [2.24, 2.45) is 5.41 Å². The highest BCUT2D eigenvalue weighted by Crippen LogP contribution is 2.30. The number of carbonyl (C=O) groups excluding carboxylic acids is 1. The summed E-state index contributed by atoms with van der Waals surface area (Å²) in [5.74, 6) is 0.169. The number of hydrogen-bond acceptors (Lipinski definition) is 2. The molecule has 1 aliphatic heterocycles. The molecule has 1 aliphatic rings. The van der Waals surface area contributed by atoms with Gasteiger partial charge in [0.2, 0.25) is 5.91 Å². The van der Waals surface area contributed by atoms with Gasteiger partial charge >= 0.3 is 0 Å². The predicted molar refractivity (Wildman–Crippen MR) is 79.5 cm³/mol. The smallest absolute Gasteiger partial charge is 0.243 e. The number of aryl methyl sites for hydroxylation is 2. The Kier molecular flexibility index (Phi) is 3.68. The number of nitrogens with one attached hydrogen (secondary N) is 1. The molecule has 0 aromatic heterocycles. The monoisotopic (exact) mass is 260 g/mol. The molecule has 19 heavy (non-hydrogen) atoms. The lowest BCUT2D eigenvalue weighted by Crippen LogP contribution is -2.42. The van der Waals surface area contributed by atoms with Crippen molar-refractivity contribution in [2.45, 2.75) is 40.7 Å². The molecule has 1 aromatic carbocycles. The topological polar surface area (TPSA) is 32.3 Å². The zero-order valence-electron chi connectivity index (χ0n) is 12.6. The first-order chi connectivity index (χ1) is 8.82. The van der Waals surface area contributed by atoms with E-state index in [-0.39, 0.29) is 17.4 Å². The Hall–Kier alpha value is -1.35. The van der Waals surface area contributed by atoms with Gasteiger partial charge in [-0.1, -0.05) is 32.0 Å². The maximum atomic E-state index is 12.6. The number of carbonyl (C=O) groups is 1. The largest absolute Gasteiger partial charge is 0.310 e. The minimum Gasteiger partial charge on any atom is -0.310 e. The van der Waals surface area contributed by atoms with Crippen LogP contribution in [-0.4, -0.2) is 25.0 Å². The lowest BCUT2D eigenvalue weighted by Gasteiger charge is -2.31. The van der Waals surface area contributed by atoms with E-state index >= 15 is 0 Å². The van der Waals surface area contributed by atoms with E-state index in [1.165, 1.54) is 11.1 Å². The van der Waals surface area contributed by atoms with Crippen LogP contribution < -0.4 is 10.2 Å². The SMILES string of the molecule is Cc1cccc(C)c1N1CC(C)(C)CNC(C)C1=O. The highest BCUT2D eigenvalue weighted by atomic mass is 16.2. The first-order valence-electron chi connectivity index (χ1n) is 6.93. The zero-order chi connectivity index (χ0) is 14.2. The normalized spacial score (nSPS) is 23.3. The van der Waals surface area contributed by atoms with Gasteiger partial charge in [0.05, 0.1) is 6.04 Å². The fraction of sp³-hybridized carbons (Fsp3) is 0.562. The van der Waals surface area contributed by atoms with Crippen LogP contribution in [-0.2, 0) is 4.79 Å². The maximum Gasteiger partial charge on any atom is 0.243 e. The molecule has 1 atom stereocenters. The Balaban J connectivity index is 2.48. The van der Waals surface area contributed by atoms with Crippen LogP contribution in [0.15, 0.2) is 18.2 Å². The van der Waals surface area contributed by atoms with E-state index in [9.17, 15) is 4.79 Å². The van der Waals surface area contributed by atoms with Crippen LogP contribution in [0.5, 0.6) is 0 Å². The molecular formula is C16H24N2O. The Bertz CT molecular complexity index is 473. The Morgan fingerprint density at radius 2 is 1.84 bits per heavy atom. The van der Waals surface area contributed by atoms with Crippen molar-refractivity contribution in [3.8, 4) is 0 Å². The molecule has 104 valence electrons. The molecule has 1 N–H and O–H groups in total. The summed E-state index contributed by atoms with van der Waals surface area (Å²) in [5.41, 5.74) is 3.49. The Morgan fingerprint density at radius 1 is 1.26 bits per heavy atom. The van der Waals surface area contributed by atoms with Gasteiger partial charge < -0.3 is 10.2 Å². The highest BCUT2D eigenvalue weighted by Gasteiger charge is 2.34. The van der Waals surface area contributed by atoms with Crippen molar-refractivity contribution in [1.29, 1.82) is 0 Å². The van der Waals surface area contributed by atoms with E-state index < -0.39 is 0 Å². The Labute approximate surface area is 116 Å². The number of hydrogen-bond donors (Lipinski definition) is 1. The first kappa shape index (κ1) is 14.1. The van der Waals surface area contributed by atoms with Crippen molar-refractivity contribution in [3.63, 3.8) is 0 Å². The van der Waals surface area contributed by atoms with Crippen LogP contribution in [0.2, 0.25) is 0 Å². The minimum absolute atomic E-state index is 0.0785. The second-order valence-electron chi connectivity index (χ2n) is 6.43. The van der Waals surface area contributed by atoms with E-state index in [4.69, 9.17) is 0 Å². The van der Waals surface area contributed by atoms with Crippen molar-refractivity contribution in [1.82, 2.24) is 5.32 Å². The van der Waals surface area contributed by atoms with Gasteiger partial charge in [0.15, 0.2) is 0 Å². The van der Waals surface area contributed by atoms with E-state index in [0.717, 1.165) is 18.8 Å². The molecule has 0 aliphatic carbocycles. The summed E-state index contributed by atoms with van der Waals surface area (Å²) in [5, 5.41) is 3.33. The second-order valence-corrected chi connectivity index (χ2v) is 6.43. The molecular weight excluding hydrogens is 236 g/mol. The van der Waals surface area contributed by atoms with Gasteiger partial charge in [0.25, 0.3) is 0 Å². The molecule has 0 bridgehead atoms. The lowest BCUT2D eigenvalue weighted by atomic mass is 9.92. The summed E-state index contributed by atoms with van der Waals surface area (Å²) in [6.07, 6.45) is 0. The fourth-order valence-corrected chi connectivity index (χ4v) is 2.73. The minimum atomic E-state index is -0.124. The van der Waals surface area contributed by atoms with Crippen LogP contribution in [0.3, 0.4) is 0 Å². The third-order valence-electron chi connectivity index (χ3n) is 3.82. The Morgan fingerprint density at radius 3 is 2.42 bits per heavy atom. The molecule has 1 aromatic rings. The molecule has 1 fully saturated rings. The van der Waals surface area contributed by atoms with Gasteiger partial charge in [-0.25, -0.2) is 0 Å². The summed E-state index contributed by atoms with van der Waals surface area (Å²) in [4.78, 5) is 14.6. The van der Waals surface area contributed by atoms with Crippen molar-refractivity contribution < 1.29 is 4.79 Å². The molecule has 3 heteroatoms. The highest BCUT2D eigenvalue weighted by molar-refractivity contribution is 5.98. The zero-order valence-corrected chi connectivity index (χ0v) is 12.6. The van der Waals surface area contributed by atoms with Crippen LogP contribution >= 0.6 is 0 Å². The van der Waals surface area contributed by atoms with Gasteiger partial charge in [0, 0.05) is 18.8 Å². The number of para-hydroxylation sites is 1. The molecule has 0 saturated carbocycles. The third kappa shape index (κ3) is 2.81. The average Bonchev–Trinajstić information content (AvgIpc) is 2.42. The second kappa shape index (κ2) is 4.97. The summed E-state index contributed by atoms with van der Waals surface area (Å²) in [7, 11) is 0. The lowest BCUT2D eigenvalue weighted by molar-refractivity contribution is -0.119. The van der Waals surface area contributed by atoms with Crippen LogP contribution in [0.1, 0.15) is 31.9 Å². The molecule has 1 heterocycles. The van der Waals surface area contributed by atoms with Crippen LogP contribution in [0.25, 0.3) is 0 Å². The van der Waals surface area contributed by atoms with Gasteiger partial charge in [-0.3, -0.25) is 4.79 Å². The number of nitrogens with zero attached hydrogens (tertiary/aromatic N) is 1. The van der Waals surface area contributed by atoms with Crippen molar-refractivity contribution >= 4 is 11.6 Å². The van der Waals surface area contributed by atoms with Gasteiger partial charge in [0.1, 0.15) is 0 Å². The molecule has 0 radical (unpaired) electrons. The average molecular weight is 260 g/mol. The standard InChI is InChI=1S/C16H24N2O/c1-11-7-6-8-12(2)14(11)18-10-16(4,5)9-17-13(3)15(18)19/h6-8,13,17H,9-10H2,1-5H3. The predicted octanol–water partition coefficient (Wildman–Crippen LogP) is 2.65. The van der Waals surface area contributed by atoms with Crippen molar-refractivity contribution in [3.05, 3.63) is 29.3 Å². The molecule has 1 unspecified atom stereocenters.